The Morgan fingerprint density at radius 2 is 1.86 bits per heavy atom. The van der Waals surface area contributed by atoms with Crippen molar-refractivity contribution in [2.45, 2.75) is 49.7 Å². The summed E-state index contributed by atoms with van der Waals surface area (Å²) in [6.45, 7) is 5.07. The Labute approximate surface area is 166 Å². The van der Waals surface area contributed by atoms with Crippen LogP contribution in [0.2, 0.25) is 0 Å². The van der Waals surface area contributed by atoms with Gasteiger partial charge in [-0.15, -0.1) is 3.77 Å². The van der Waals surface area contributed by atoms with Gasteiger partial charge in [0.05, 0.1) is 15.9 Å². The maximum absolute atomic E-state index is 13.3. The molecule has 2 atom stereocenters. The molecular formula is C18H26FN3O4S2. The van der Waals surface area contributed by atoms with Gasteiger partial charge >= 0.3 is 0 Å². The van der Waals surface area contributed by atoms with Crippen molar-refractivity contribution in [3.8, 4) is 0 Å². The fraction of sp³-hybridized carbons (Fsp3) is 0.667. The van der Waals surface area contributed by atoms with Crippen LogP contribution in [0.1, 0.15) is 39.5 Å². The van der Waals surface area contributed by atoms with Gasteiger partial charge in [0.15, 0.2) is 0 Å². The van der Waals surface area contributed by atoms with E-state index in [-0.39, 0.29) is 17.2 Å². The predicted octanol–water partition coefficient (Wildman–Crippen LogP) is 2.43. The Morgan fingerprint density at radius 1 is 1.21 bits per heavy atom. The Morgan fingerprint density at radius 3 is 2.36 bits per heavy atom. The van der Waals surface area contributed by atoms with Gasteiger partial charge in [0, 0.05) is 36.7 Å². The molecule has 0 spiro atoms. The van der Waals surface area contributed by atoms with Crippen LogP contribution in [0.4, 0.5) is 4.39 Å². The van der Waals surface area contributed by atoms with Crippen molar-refractivity contribution >= 4 is 25.7 Å². The van der Waals surface area contributed by atoms with Crippen LogP contribution in [-0.2, 0) is 24.5 Å². The van der Waals surface area contributed by atoms with Gasteiger partial charge in [-0.1, -0.05) is 13.8 Å². The average molecular weight is 432 g/mol. The van der Waals surface area contributed by atoms with Gasteiger partial charge in [-0.2, -0.15) is 8.42 Å². The molecule has 2 unspecified atom stereocenters. The molecule has 1 saturated heterocycles. The number of halogens is 1. The second kappa shape index (κ2) is 7.37. The first-order valence-electron chi connectivity index (χ1n) is 9.29. The molecule has 0 aromatic carbocycles. The molecular weight excluding hydrogens is 405 g/mol. The van der Waals surface area contributed by atoms with Crippen molar-refractivity contribution in [3.05, 3.63) is 24.3 Å². The normalized spacial score (nSPS) is 24.9. The third-order valence-electron chi connectivity index (χ3n) is 5.91. The summed E-state index contributed by atoms with van der Waals surface area (Å²) in [4.78, 5) is 17.6. The molecule has 0 radical (unpaired) electrons. The number of aromatic nitrogens is 1. The van der Waals surface area contributed by atoms with Crippen LogP contribution in [0, 0.1) is 17.2 Å². The highest BCUT2D eigenvalue weighted by Gasteiger charge is 2.45. The summed E-state index contributed by atoms with van der Waals surface area (Å²) in [6, 6.07) is 0.809. The largest absolute Gasteiger partial charge is 0.342 e. The Balaban J connectivity index is 1.71. The van der Waals surface area contributed by atoms with Crippen LogP contribution in [-0.4, -0.2) is 53.0 Å². The highest BCUT2D eigenvalue weighted by atomic mass is 32.3. The van der Waals surface area contributed by atoms with E-state index in [2.05, 4.69) is 22.6 Å². The molecule has 1 amide bonds. The molecule has 1 aromatic rings. The summed E-state index contributed by atoms with van der Waals surface area (Å²) in [5.74, 6) is -0.641. The summed E-state index contributed by atoms with van der Waals surface area (Å²) >= 11 is 0. The van der Waals surface area contributed by atoms with E-state index in [1.54, 1.807) is 4.90 Å². The van der Waals surface area contributed by atoms with Gasteiger partial charge in [-0.3, -0.25) is 9.78 Å². The monoisotopic (exact) mass is 431 g/mol. The minimum absolute atomic E-state index is 0.0225. The zero-order valence-electron chi connectivity index (χ0n) is 16.3. The first-order valence-corrected chi connectivity index (χ1v) is 12.7. The molecule has 28 heavy (non-hydrogen) atoms. The molecule has 2 fully saturated rings. The van der Waals surface area contributed by atoms with Gasteiger partial charge < -0.3 is 4.90 Å². The van der Waals surface area contributed by atoms with E-state index >= 15 is 0 Å². The molecule has 7 nitrogen and oxygen atoms in total. The standard InChI is InChI=1S/C18H26FN3O4S2/c1-18(2)7-4-16(18)17(23)22-8-5-14(6-9-22)27(3,24)21-28(25,26)15-10-13(19)11-20-12-15/h10-12,14,16H,4-9H2,1-3H3. The number of likely N-dealkylation sites (tertiary alicyclic amines) is 1. The number of carbonyl (C=O) groups excluding carboxylic acids is 1. The average Bonchev–Trinajstić information content (AvgIpc) is 2.60. The van der Waals surface area contributed by atoms with Gasteiger partial charge in [0.25, 0.3) is 10.0 Å². The summed E-state index contributed by atoms with van der Waals surface area (Å²) in [5.41, 5.74) is 0.0225. The van der Waals surface area contributed by atoms with Crippen molar-refractivity contribution in [1.29, 1.82) is 0 Å². The topological polar surface area (TPSA) is 96.8 Å². The van der Waals surface area contributed by atoms with Gasteiger partial charge in [0.1, 0.15) is 10.7 Å². The molecule has 2 heterocycles. The molecule has 0 N–H and O–H groups in total. The second-order valence-corrected chi connectivity index (χ2v) is 12.8. The number of hydrogen-bond acceptors (Lipinski definition) is 5. The lowest BCUT2D eigenvalue weighted by atomic mass is 9.62. The lowest BCUT2D eigenvalue weighted by Gasteiger charge is -2.46. The van der Waals surface area contributed by atoms with Crippen LogP contribution >= 0.6 is 0 Å². The van der Waals surface area contributed by atoms with Crippen molar-refractivity contribution in [2.75, 3.05) is 19.3 Å². The third-order valence-corrected chi connectivity index (χ3v) is 10.4. The first kappa shape index (κ1) is 21.2. The van der Waals surface area contributed by atoms with Crippen LogP contribution < -0.4 is 0 Å². The maximum Gasteiger partial charge on any atom is 0.291 e. The Kier molecular flexibility index (Phi) is 5.57. The van der Waals surface area contributed by atoms with E-state index in [9.17, 15) is 21.8 Å². The highest BCUT2D eigenvalue weighted by molar-refractivity contribution is 8.03. The molecule has 156 valence electrons. The molecule has 3 rings (SSSR count). The van der Waals surface area contributed by atoms with Crippen molar-refractivity contribution in [1.82, 2.24) is 9.88 Å². The second-order valence-electron chi connectivity index (χ2n) is 8.35. The SMILES string of the molecule is CC1(C)CCC1C(=O)N1CCC(S(C)(=O)=NS(=O)(=O)c2cncc(F)c2)CC1. The van der Waals surface area contributed by atoms with Crippen molar-refractivity contribution < 1.29 is 21.8 Å². The Bertz CT molecular complexity index is 992. The summed E-state index contributed by atoms with van der Waals surface area (Å²) < 4.78 is 54.7. The number of rotatable bonds is 4. The van der Waals surface area contributed by atoms with Crippen molar-refractivity contribution in [3.63, 3.8) is 0 Å². The smallest absolute Gasteiger partial charge is 0.291 e. The fourth-order valence-corrected chi connectivity index (χ4v) is 7.82. The number of piperidine rings is 1. The van der Waals surface area contributed by atoms with Gasteiger partial charge in [-0.25, -0.2) is 8.60 Å². The lowest BCUT2D eigenvalue weighted by Crippen LogP contribution is -2.51. The quantitative estimate of drug-likeness (QED) is 0.729. The Hall–Kier alpha value is -1.55. The number of hydrogen-bond donors (Lipinski definition) is 0. The van der Waals surface area contributed by atoms with Gasteiger partial charge in [-0.05, 0) is 37.2 Å². The molecule has 0 bridgehead atoms. The molecule has 1 saturated carbocycles. The van der Waals surface area contributed by atoms with E-state index in [0.29, 0.717) is 25.9 Å². The van der Waals surface area contributed by atoms with Crippen LogP contribution in [0.15, 0.2) is 27.1 Å². The van der Waals surface area contributed by atoms with Gasteiger partial charge in [0.2, 0.25) is 5.91 Å². The molecule has 1 aliphatic carbocycles. The highest BCUT2D eigenvalue weighted by Crippen LogP contribution is 2.47. The maximum atomic E-state index is 13.3. The summed E-state index contributed by atoms with van der Waals surface area (Å²) in [6.07, 6.45) is 5.97. The number of amides is 1. The fourth-order valence-electron chi connectivity index (χ4n) is 3.89. The zero-order valence-corrected chi connectivity index (χ0v) is 17.9. The zero-order chi connectivity index (χ0) is 20.7. The van der Waals surface area contributed by atoms with Crippen LogP contribution in [0.5, 0.6) is 0 Å². The molecule has 1 aromatic heterocycles. The molecule has 2 aliphatic rings. The first-order chi connectivity index (χ1) is 12.9. The van der Waals surface area contributed by atoms with E-state index < -0.39 is 35.7 Å². The predicted molar refractivity (Wildman–Crippen MR) is 104 cm³/mol. The minimum Gasteiger partial charge on any atom is -0.342 e. The minimum atomic E-state index is -4.28. The third kappa shape index (κ3) is 4.22. The number of pyridine rings is 1. The van der Waals surface area contributed by atoms with Crippen LogP contribution in [0.25, 0.3) is 0 Å². The van der Waals surface area contributed by atoms with E-state index in [0.717, 1.165) is 31.3 Å². The summed E-state index contributed by atoms with van der Waals surface area (Å²) in [7, 11) is -7.36. The number of sulfonamides is 1. The number of carbonyl (C=O) groups is 1. The van der Waals surface area contributed by atoms with E-state index in [1.807, 2.05) is 0 Å². The molecule has 1 aliphatic heterocycles. The van der Waals surface area contributed by atoms with E-state index in [4.69, 9.17) is 0 Å². The van der Waals surface area contributed by atoms with Crippen LogP contribution in [0.3, 0.4) is 0 Å². The van der Waals surface area contributed by atoms with Crippen molar-refractivity contribution in [2.24, 2.45) is 15.1 Å². The molecule has 10 heteroatoms. The lowest BCUT2D eigenvalue weighted by molar-refractivity contribution is -0.146. The van der Waals surface area contributed by atoms with E-state index in [1.165, 1.54) is 6.26 Å². The number of nitrogens with zero attached hydrogens (tertiary/aromatic N) is 3. The summed E-state index contributed by atoms with van der Waals surface area (Å²) in [5, 5.41) is -0.442.